The second-order valence-corrected chi connectivity index (χ2v) is 7.46. The van der Waals surface area contributed by atoms with E-state index in [4.69, 9.17) is 8.94 Å². The number of aliphatic imine (C=N–C) groups is 1. The number of aryl methyl sites for hydroxylation is 1. The quantitative estimate of drug-likeness (QED) is 0.388. The topological polar surface area (TPSA) is 91.7 Å². The molecule has 1 saturated heterocycles. The van der Waals surface area contributed by atoms with Crippen LogP contribution in [0, 0.1) is 0 Å². The number of rotatable bonds is 9. The Balaban J connectivity index is 1.43. The van der Waals surface area contributed by atoms with E-state index >= 15 is 0 Å². The molecule has 0 amide bonds. The maximum Gasteiger partial charge on any atom is 0.226 e. The molecule has 1 aliphatic heterocycles. The van der Waals surface area contributed by atoms with Crippen molar-refractivity contribution in [3.05, 3.63) is 35.9 Å². The van der Waals surface area contributed by atoms with E-state index in [1.165, 1.54) is 12.8 Å². The van der Waals surface area contributed by atoms with Gasteiger partial charge in [0.15, 0.2) is 11.8 Å². The van der Waals surface area contributed by atoms with Gasteiger partial charge in [-0.1, -0.05) is 19.0 Å². The molecule has 2 aromatic heterocycles. The summed E-state index contributed by atoms with van der Waals surface area (Å²) in [5.74, 6) is 3.55. The SMILES string of the molecule is CN=C(NCCCc1nc(C(C)C)no1)NCC(c1ccco1)N1CCCC1. The Morgan fingerprint density at radius 2 is 2.11 bits per heavy atom. The molecule has 0 radical (unpaired) electrons. The van der Waals surface area contributed by atoms with Crippen molar-refractivity contribution in [1.29, 1.82) is 0 Å². The van der Waals surface area contributed by atoms with Gasteiger partial charge in [0.1, 0.15) is 5.76 Å². The largest absolute Gasteiger partial charge is 0.468 e. The zero-order valence-corrected chi connectivity index (χ0v) is 17.1. The van der Waals surface area contributed by atoms with Crippen LogP contribution in [0.2, 0.25) is 0 Å². The first-order valence-electron chi connectivity index (χ1n) is 10.2. The Labute approximate surface area is 166 Å². The molecule has 3 rings (SSSR count). The summed E-state index contributed by atoms with van der Waals surface area (Å²) in [5.41, 5.74) is 0. The molecular weight excluding hydrogens is 356 g/mol. The molecule has 8 heteroatoms. The summed E-state index contributed by atoms with van der Waals surface area (Å²) in [6.07, 6.45) is 5.89. The summed E-state index contributed by atoms with van der Waals surface area (Å²) >= 11 is 0. The predicted octanol–water partition coefficient (Wildman–Crippen LogP) is 2.72. The van der Waals surface area contributed by atoms with Crippen LogP contribution in [-0.4, -0.2) is 54.2 Å². The maximum atomic E-state index is 5.68. The van der Waals surface area contributed by atoms with Crippen LogP contribution < -0.4 is 10.6 Å². The minimum absolute atomic E-state index is 0.226. The van der Waals surface area contributed by atoms with Crippen LogP contribution in [0.5, 0.6) is 0 Å². The highest BCUT2D eigenvalue weighted by molar-refractivity contribution is 5.79. The lowest BCUT2D eigenvalue weighted by atomic mass is 10.2. The smallest absolute Gasteiger partial charge is 0.226 e. The van der Waals surface area contributed by atoms with Gasteiger partial charge < -0.3 is 19.6 Å². The molecule has 1 aliphatic rings. The van der Waals surface area contributed by atoms with Crippen LogP contribution in [0.15, 0.2) is 32.3 Å². The lowest BCUT2D eigenvalue weighted by Crippen LogP contribution is -2.42. The highest BCUT2D eigenvalue weighted by Crippen LogP contribution is 2.24. The minimum Gasteiger partial charge on any atom is -0.468 e. The summed E-state index contributed by atoms with van der Waals surface area (Å²) in [7, 11) is 1.79. The second-order valence-electron chi connectivity index (χ2n) is 7.46. The molecule has 0 saturated carbocycles. The van der Waals surface area contributed by atoms with E-state index in [0.717, 1.165) is 56.6 Å². The standard InChI is InChI=1S/C20H32N6O2/c1-15(2)19-24-18(28-25-19)9-6-10-22-20(21-3)23-14-16(17-8-7-13-27-17)26-11-4-5-12-26/h7-8,13,15-16H,4-6,9-12,14H2,1-3H3,(H2,21,22,23). The molecule has 0 bridgehead atoms. The highest BCUT2D eigenvalue weighted by atomic mass is 16.5. The van der Waals surface area contributed by atoms with Crippen molar-refractivity contribution in [3.8, 4) is 0 Å². The molecule has 0 aromatic carbocycles. The summed E-state index contributed by atoms with van der Waals surface area (Å²) in [5, 5.41) is 10.8. The van der Waals surface area contributed by atoms with Crippen LogP contribution in [-0.2, 0) is 6.42 Å². The summed E-state index contributed by atoms with van der Waals surface area (Å²) in [6, 6.07) is 4.23. The Morgan fingerprint density at radius 1 is 1.29 bits per heavy atom. The first-order valence-corrected chi connectivity index (χ1v) is 10.2. The van der Waals surface area contributed by atoms with E-state index in [-0.39, 0.29) is 12.0 Å². The van der Waals surface area contributed by atoms with Gasteiger partial charge in [0.25, 0.3) is 0 Å². The van der Waals surface area contributed by atoms with Crippen LogP contribution in [0.4, 0.5) is 0 Å². The number of furan rings is 1. The zero-order valence-electron chi connectivity index (χ0n) is 17.1. The van der Waals surface area contributed by atoms with Crippen LogP contribution >= 0.6 is 0 Å². The highest BCUT2D eigenvalue weighted by Gasteiger charge is 2.25. The van der Waals surface area contributed by atoms with Gasteiger partial charge in [0.2, 0.25) is 5.89 Å². The van der Waals surface area contributed by atoms with E-state index in [0.29, 0.717) is 5.89 Å². The number of hydrogen-bond donors (Lipinski definition) is 2. The van der Waals surface area contributed by atoms with Gasteiger partial charge in [-0.05, 0) is 44.5 Å². The van der Waals surface area contributed by atoms with Crippen LogP contribution in [0.1, 0.15) is 62.5 Å². The number of hydrogen-bond acceptors (Lipinski definition) is 6. The van der Waals surface area contributed by atoms with Crippen molar-refractivity contribution in [2.45, 2.75) is 51.5 Å². The predicted molar refractivity (Wildman–Crippen MR) is 108 cm³/mol. The molecule has 28 heavy (non-hydrogen) atoms. The number of aromatic nitrogens is 2. The van der Waals surface area contributed by atoms with Gasteiger partial charge in [0.05, 0.1) is 12.3 Å². The fraction of sp³-hybridized carbons (Fsp3) is 0.650. The van der Waals surface area contributed by atoms with Crippen LogP contribution in [0.25, 0.3) is 0 Å². The third kappa shape index (κ3) is 5.58. The average Bonchev–Trinajstić information content (AvgIpc) is 3.46. The molecule has 154 valence electrons. The van der Waals surface area contributed by atoms with Crippen molar-refractivity contribution in [3.63, 3.8) is 0 Å². The fourth-order valence-corrected chi connectivity index (χ4v) is 3.41. The number of likely N-dealkylation sites (tertiary alicyclic amines) is 1. The van der Waals surface area contributed by atoms with Crippen LogP contribution in [0.3, 0.4) is 0 Å². The monoisotopic (exact) mass is 388 g/mol. The zero-order chi connectivity index (χ0) is 19.8. The van der Waals surface area contributed by atoms with Crippen molar-refractivity contribution in [2.75, 3.05) is 33.2 Å². The molecule has 2 N–H and O–H groups in total. The van der Waals surface area contributed by atoms with Gasteiger partial charge in [-0.15, -0.1) is 0 Å². The lowest BCUT2D eigenvalue weighted by molar-refractivity contribution is 0.215. The van der Waals surface area contributed by atoms with E-state index in [9.17, 15) is 0 Å². The number of nitrogens with zero attached hydrogens (tertiary/aromatic N) is 4. The van der Waals surface area contributed by atoms with Crippen molar-refractivity contribution in [2.24, 2.45) is 4.99 Å². The molecule has 1 atom stereocenters. The van der Waals surface area contributed by atoms with E-state index in [2.05, 4.69) is 50.6 Å². The van der Waals surface area contributed by atoms with Gasteiger partial charge >= 0.3 is 0 Å². The van der Waals surface area contributed by atoms with Gasteiger partial charge in [-0.3, -0.25) is 9.89 Å². The molecule has 1 fully saturated rings. The third-order valence-corrected chi connectivity index (χ3v) is 5.00. The normalized spacial score (nSPS) is 16.6. The van der Waals surface area contributed by atoms with E-state index < -0.39 is 0 Å². The van der Waals surface area contributed by atoms with E-state index in [1.54, 1.807) is 13.3 Å². The van der Waals surface area contributed by atoms with Crippen molar-refractivity contribution >= 4 is 5.96 Å². The molecule has 1 unspecified atom stereocenters. The van der Waals surface area contributed by atoms with Gasteiger partial charge in [-0.25, -0.2) is 0 Å². The molecular formula is C20H32N6O2. The fourth-order valence-electron chi connectivity index (χ4n) is 3.41. The Bertz CT molecular complexity index is 719. The summed E-state index contributed by atoms with van der Waals surface area (Å²) in [4.78, 5) is 11.2. The molecule has 3 heterocycles. The Morgan fingerprint density at radius 3 is 2.75 bits per heavy atom. The maximum absolute atomic E-state index is 5.68. The lowest BCUT2D eigenvalue weighted by Gasteiger charge is -2.26. The summed E-state index contributed by atoms with van der Waals surface area (Å²) < 4.78 is 11.0. The minimum atomic E-state index is 0.226. The van der Waals surface area contributed by atoms with Crippen molar-refractivity contribution < 1.29 is 8.94 Å². The summed E-state index contributed by atoms with van der Waals surface area (Å²) in [6.45, 7) is 7.89. The molecule has 0 spiro atoms. The Hall–Kier alpha value is -2.35. The first-order chi connectivity index (χ1) is 13.7. The van der Waals surface area contributed by atoms with Crippen molar-refractivity contribution in [1.82, 2.24) is 25.7 Å². The van der Waals surface area contributed by atoms with E-state index in [1.807, 2.05) is 6.07 Å². The molecule has 2 aromatic rings. The Kier molecular flexibility index (Phi) is 7.47. The average molecular weight is 389 g/mol. The molecule has 0 aliphatic carbocycles. The van der Waals surface area contributed by atoms with Gasteiger partial charge in [0, 0.05) is 32.5 Å². The first kappa shape index (κ1) is 20.4. The molecule has 8 nitrogen and oxygen atoms in total. The number of nitrogens with one attached hydrogen (secondary N) is 2. The second kappa shape index (κ2) is 10.3. The van der Waals surface area contributed by atoms with Gasteiger partial charge in [-0.2, -0.15) is 4.98 Å². The number of guanidine groups is 1. The third-order valence-electron chi connectivity index (χ3n) is 5.00.